The van der Waals surface area contributed by atoms with Crippen molar-refractivity contribution in [1.82, 2.24) is 29.6 Å². The van der Waals surface area contributed by atoms with E-state index in [1.54, 1.807) is 58.8 Å². The first-order valence-corrected chi connectivity index (χ1v) is 7.94. The molecule has 7 nitrogen and oxygen atoms in total. The van der Waals surface area contributed by atoms with Gasteiger partial charge in [-0.25, -0.2) is 9.97 Å². The number of aromatic nitrogens is 5. The van der Waals surface area contributed by atoms with Crippen molar-refractivity contribution in [3.63, 3.8) is 0 Å². The molecule has 0 aliphatic heterocycles. The molecular weight excluding hydrogens is 312 g/mol. The van der Waals surface area contributed by atoms with Gasteiger partial charge in [-0.15, -0.1) is 21.5 Å². The van der Waals surface area contributed by atoms with Gasteiger partial charge in [0.15, 0.2) is 0 Å². The summed E-state index contributed by atoms with van der Waals surface area (Å²) in [5.41, 5.74) is 1.50. The normalized spacial score (nSPS) is 12.1. The standard InChI is InChI=1S/C15H16N6OS/c1-10-7-23-14(19-10)11(2)20(3)15(22)12-4-5-13(16-6-12)21-8-17-18-9-21/h4-9,11H,1-3H3. The lowest BCUT2D eigenvalue weighted by Gasteiger charge is -2.23. The van der Waals surface area contributed by atoms with Crippen molar-refractivity contribution < 1.29 is 4.79 Å². The molecule has 3 aromatic heterocycles. The summed E-state index contributed by atoms with van der Waals surface area (Å²) < 4.78 is 1.68. The fraction of sp³-hybridized carbons (Fsp3) is 0.267. The zero-order valence-electron chi connectivity index (χ0n) is 13.0. The molecule has 3 heterocycles. The number of thiazole rings is 1. The highest BCUT2D eigenvalue weighted by Gasteiger charge is 2.21. The molecule has 0 saturated heterocycles. The Kier molecular flexibility index (Phi) is 4.16. The fourth-order valence-corrected chi connectivity index (χ4v) is 2.99. The highest BCUT2D eigenvalue weighted by atomic mass is 32.1. The van der Waals surface area contributed by atoms with Gasteiger partial charge in [-0.2, -0.15) is 0 Å². The van der Waals surface area contributed by atoms with E-state index < -0.39 is 0 Å². The molecule has 0 bridgehead atoms. The first kappa shape index (κ1) is 15.3. The van der Waals surface area contributed by atoms with Gasteiger partial charge in [0.1, 0.15) is 23.5 Å². The van der Waals surface area contributed by atoms with Crippen LogP contribution in [0.1, 0.15) is 34.0 Å². The first-order chi connectivity index (χ1) is 11.1. The zero-order chi connectivity index (χ0) is 16.4. The summed E-state index contributed by atoms with van der Waals surface area (Å²) in [5, 5.41) is 10.4. The lowest BCUT2D eigenvalue weighted by molar-refractivity contribution is 0.0742. The topological polar surface area (TPSA) is 76.8 Å². The Morgan fingerprint density at radius 1 is 1.30 bits per heavy atom. The molecule has 3 aromatic rings. The number of carbonyl (C=O) groups excluding carboxylic acids is 1. The van der Waals surface area contributed by atoms with Crippen molar-refractivity contribution in [3.05, 3.63) is 52.6 Å². The lowest BCUT2D eigenvalue weighted by Crippen LogP contribution is -2.29. The minimum Gasteiger partial charge on any atom is -0.332 e. The van der Waals surface area contributed by atoms with Crippen LogP contribution in [0.4, 0.5) is 0 Å². The van der Waals surface area contributed by atoms with Gasteiger partial charge in [0.05, 0.1) is 11.6 Å². The number of nitrogens with zero attached hydrogens (tertiary/aromatic N) is 6. The number of hydrogen-bond donors (Lipinski definition) is 0. The van der Waals surface area contributed by atoms with Crippen molar-refractivity contribution in [1.29, 1.82) is 0 Å². The summed E-state index contributed by atoms with van der Waals surface area (Å²) >= 11 is 1.56. The van der Waals surface area contributed by atoms with E-state index in [0.717, 1.165) is 10.7 Å². The third kappa shape index (κ3) is 3.11. The molecule has 1 atom stereocenters. The van der Waals surface area contributed by atoms with Gasteiger partial charge >= 0.3 is 0 Å². The average Bonchev–Trinajstić information content (AvgIpc) is 3.24. The first-order valence-electron chi connectivity index (χ1n) is 7.06. The molecule has 1 amide bonds. The second-order valence-corrected chi connectivity index (χ2v) is 6.08. The molecule has 8 heteroatoms. The molecule has 0 N–H and O–H groups in total. The molecule has 0 aliphatic carbocycles. The van der Waals surface area contributed by atoms with E-state index >= 15 is 0 Å². The van der Waals surface area contributed by atoms with Crippen LogP contribution in [0.5, 0.6) is 0 Å². The van der Waals surface area contributed by atoms with Crippen LogP contribution in [-0.4, -0.2) is 42.6 Å². The molecule has 0 saturated carbocycles. The summed E-state index contributed by atoms with van der Waals surface area (Å²) in [7, 11) is 1.78. The lowest BCUT2D eigenvalue weighted by atomic mass is 10.2. The average molecular weight is 328 g/mol. The Morgan fingerprint density at radius 2 is 2.04 bits per heavy atom. The highest BCUT2D eigenvalue weighted by molar-refractivity contribution is 7.09. The third-order valence-corrected chi connectivity index (χ3v) is 4.71. The Morgan fingerprint density at radius 3 is 2.61 bits per heavy atom. The molecule has 3 rings (SSSR count). The van der Waals surface area contributed by atoms with E-state index in [2.05, 4.69) is 20.2 Å². The van der Waals surface area contributed by atoms with Gasteiger partial charge in [0.2, 0.25) is 0 Å². The summed E-state index contributed by atoms with van der Waals surface area (Å²) in [5.74, 6) is 0.575. The van der Waals surface area contributed by atoms with Crippen molar-refractivity contribution >= 4 is 17.2 Å². The van der Waals surface area contributed by atoms with Gasteiger partial charge in [0.25, 0.3) is 5.91 Å². The van der Waals surface area contributed by atoms with Gasteiger partial charge in [-0.3, -0.25) is 9.36 Å². The second kappa shape index (κ2) is 6.25. The maximum atomic E-state index is 12.6. The van der Waals surface area contributed by atoms with Crippen molar-refractivity contribution in [3.8, 4) is 5.82 Å². The number of hydrogen-bond acceptors (Lipinski definition) is 6. The second-order valence-electron chi connectivity index (χ2n) is 5.19. The molecule has 23 heavy (non-hydrogen) atoms. The van der Waals surface area contributed by atoms with Crippen LogP contribution in [0.2, 0.25) is 0 Å². The van der Waals surface area contributed by atoms with E-state index in [-0.39, 0.29) is 11.9 Å². The molecule has 0 aliphatic rings. The van der Waals surface area contributed by atoms with Crippen molar-refractivity contribution in [2.75, 3.05) is 7.05 Å². The molecule has 0 radical (unpaired) electrons. The minimum absolute atomic E-state index is 0.0845. The Labute approximate surface area is 137 Å². The number of rotatable bonds is 4. The van der Waals surface area contributed by atoms with Crippen LogP contribution in [-0.2, 0) is 0 Å². The zero-order valence-corrected chi connectivity index (χ0v) is 13.9. The summed E-state index contributed by atoms with van der Waals surface area (Å²) in [4.78, 5) is 23.0. The summed E-state index contributed by atoms with van der Waals surface area (Å²) in [6, 6.07) is 3.43. The smallest absolute Gasteiger partial charge is 0.255 e. The van der Waals surface area contributed by atoms with E-state index in [0.29, 0.717) is 11.4 Å². The van der Waals surface area contributed by atoms with Gasteiger partial charge in [-0.05, 0) is 26.0 Å². The number of amides is 1. The molecule has 118 valence electrons. The third-order valence-electron chi connectivity index (χ3n) is 3.57. The maximum Gasteiger partial charge on any atom is 0.255 e. The summed E-state index contributed by atoms with van der Waals surface area (Å²) in [6.45, 7) is 3.91. The molecule has 0 spiro atoms. The molecule has 0 aromatic carbocycles. The predicted molar refractivity (Wildman–Crippen MR) is 86.5 cm³/mol. The predicted octanol–water partition coefficient (Wildman–Crippen LogP) is 2.26. The van der Waals surface area contributed by atoms with Gasteiger partial charge in [-0.1, -0.05) is 0 Å². The van der Waals surface area contributed by atoms with E-state index in [9.17, 15) is 4.79 Å². The minimum atomic E-state index is -0.0897. The Balaban J connectivity index is 1.77. The Hall–Kier alpha value is -2.61. The SMILES string of the molecule is Cc1csc(C(C)N(C)C(=O)c2ccc(-n3cnnc3)nc2)n1. The van der Waals surface area contributed by atoms with Crippen LogP contribution in [0.25, 0.3) is 5.82 Å². The van der Waals surface area contributed by atoms with E-state index in [1.165, 1.54) is 0 Å². The molecule has 1 unspecified atom stereocenters. The van der Waals surface area contributed by atoms with Gasteiger partial charge in [0, 0.05) is 24.3 Å². The number of pyridine rings is 1. The van der Waals surface area contributed by atoms with Crippen LogP contribution >= 0.6 is 11.3 Å². The molecular formula is C15H16N6OS. The number of aryl methyl sites for hydroxylation is 1. The van der Waals surface area contributed by atoms with E-state index in [4.69, 9.17) is 0 Å². The van der Waals surface area contributed by atoms with Crippen LogP contribution in [0, 0.1) is 6.92 Å². The van der Waals surface area contributed by atoms with Crippen molar-refractivity contribution in [2.24, 2.45) is 0 Å². The fourth-order valence-electron chi connectivity index (χ4n) is 2.09. The van der Waals surface area contributed by atoms with Crippen LogP contribution in [0.15, 0.2) is 36.4 Å². The quantitative estimate of drug-likeness (QED) is 0.734. The molecule has 0 fully saturated rings. The Bertz CT molecular complexity index is 796. The largest absolute Gasteiger partial charge is 0.332 e. The highest BCUT2D eigenvalue weighted by Crippen LogP contribution is 2.23. The monoisotopic (exact) mass is 328 g/mol. The van der Waals surface area contributed by atoms with E-state index in [1.807, 2.05) is 19.2 Å². The van der Waals surface area contributed by atoms with Gasteiger partial charge < -0.3 is 4.90 Å². The number of carbonyl (C=O) groups is 1. The maximum absolute atomic E-state index is 12.6. The van der Waals surface area contributed by atoms with Crippen LogP contribution < -0.4 is 0 Å². The van der Waals surface area contributed by atoms with Crippen molar-refractivity contribution in [2.45, 2.75) is 19.9 Å². The summed E-state index contributed by atoms with van der Waals surface area (Å²) in [6.07, 6.45) is 4.68. The van der Waals surface area contributed by atoms with Crippen LogP contribution in [0.3, 0.4) is 0 Å².